The highest BCUT2D eigenvalue weighted by Gasteiger charge is 2.47. The Bertz CT molecular complexity index is 1950. The van der Waals surface area contributed by atoms with Crippen LogP contribution < -0.4 is 15.6 Å². The molecule has 0 spiro atoms. The van der Waals surface area contributed by atoms with Gasteiger partial charge in [-0.05, 0) is 118 Å². The molecule has 55 heavy (non-hydrogen) atoms. The van der Waals surface area contributed by atoms with Gasteiger partial charge in [0, 0.05) is 44.1 Å². The molecule has 292 valence electrons. The van der Waals surface area contributed by atoms with Crippen LogP contribution in [0.2, 0.25) is 0 Å². The van der Waals surface area contributed by atoms with Gasteiger partial charge in [-0.3, -0.25) is 19.3 Å². The molecule has 4 N–H and O–H groups in total. The number of esters is 1. The molecule has 3 aromatic carbocycles. The number of fused-ring (bicyclic) bond motifs is 4. The number of nitrogens with zero attached hydrogens (tertiary/aromatic N) is 2. The number of aromatic hydroxyl groups is 1. The van der Waals surface area contributed by atoms with Crippen molar-refractivity contribution in [3.8, 4) is 11.5 Å². The van der Waals surface area contributed by atoms with Crippen molar-refractivity contribution in [1.29, 1.82) is 0 Å². The van der Waals surface area contributed by atoms with E-state index in [0.29, 0.717) is 74.3 Å². The fraction of sp³-hybridized carbons (Fsp3) is 0.477. The van der Waals surface area contributed by atoms with E-state index in [1.807, 2.05) is 59.5 Å². The van der Waals surface area contributed by atoms with Gasteiger partial charge < -0.3 is 34.9 Å². The Morgan fingerprint density at radius 1 is 0.909 bits per heavy atom. The molecular weight excluding hydrogens is 697 g/mol. The van der Waals surface area contributed by atoms with Gasteiger partial charge in [0.15, 0.2) is 0 Å². The van der Waals surface area contributed by atoms with E-state index in [4.69, 9.17) is 9.47 Å². The normalized spacial score (nSPS) is 21.0. The number of carbonyl (C=O) groups excluding carboxylic acids is 2. The zero-order valence-corrected chi connectivity index (χ0v) is 31.6. The zero-order valence-electron chi connectivity index (χ0n) is 31.6. The van der Waals surface area contributed by atoms with E-state index in [2.05, 4.69) is 15.2 Å². The van der Waals surface area contributed by atoms with Crippen LogP contribution in [-0.2, 0) is 26.2 Å². The van der Waals surface area contributed by atoms with Crippen LogP contribution in [0.25, 0.3) is 10.9 Å². The third-order valence-electron chi connectivity index (χ3n) is 12.0. The van der Waals surface area contributed by atoms with Crippen LogP contribution in [0.5, 0.6) is 11.5 Å². The Morgan fingerprint density at radius 2 is 1.67 bits per heavy atom. The van der Waals surface area contributed by atoms with Gasteiger partial charge >= 0.3 is 5.97 Å². The summed E-state index contributed by atoms with van der Waals surface area (Å²) in [7, 11) is 0. The number of aromatic amines is 1. The van der Waals surface area contributed by atoms with Gasteiger partial charge in [-0.1, -0.05) is 48.5 Å². The Balaban J connectivity index is 0.793. The number of likely N-dealkylation sites (tertiary alicyclic amines) is 1. The average molecular weight is 751 g/mol. The van der Waals surface area contributed by atoms with Crippen molar-refractivity contribution in [1.82, 2.24) is 20.1 Å². The first-order valence-corrected chi connectivity index (χ1v) is 20.0. The summed E-state index contributed by atoms with van der Waals surface area (Å²) < 4.78 is 12.3. The smallest absolute Gasteiger partial charge is 0.317 e. The van der Waals surface area contributed by atoms with Gasteiger partial charge in [0.25, 0.3) is 0 Å². The summed E-state index contributed by atoms with van der Waals surface area (Å²) in [5.74, 6) is 1.22. The quantitative estimate of drug-likeness (QED) is 0.0894. The van der Waals surface area contributed by atoms with Crippen molar-refractivity contribution < 1.29 is 29.3 Å². The molecule has 4 aromatic rings. The van der Waals surface area contributed by atoms with Crippen molar-refractivity contribution in [2.24, 2.45) is 5.92 Å². The summed E-state index contributed by atoms with van der Waals surface area (Å²) in [6, 6.07) is 24.1. The maximum absolute atomic E-state index is 13.9. The van der Waals surface area contributed by atoms with Gasteiger partial charge in [0.05, 0.1) is 23.6 Å². The predicted octanol–water partition coefficient (Wildman–Crippen LogP) is 5.24. The molecule has 11 heteroatoms. The lowest BCUT2D eigenvalue weighted by atomic mass is 9.72. The summed E-state index contributed by atoms with van der Waals surface area (Å²) in [6.45, 7) is 5.81. The van der Waals surface area contributed by atoms with Crippen LogP contribution in [0.15, 0.2) is 83.7 Å². The maximum atomic E-state index is 13.9. The number of H-pyrrole nitrogens is 1. The highest BCUT2D eigenvalue weighted by atomic mass is 16.5. The minimum Gasteiger partial charge on any atom is -0.506 e. The molecular formula is C44H54N4O7. The number of phenols is 1. The number of unbranched alkanes of at least 4 members (excludes halogenated alkanes) is 2. The van der Waals surface area contributed by atoms with Gasteiger partial charge in [-0.2, -0.15) is 0 Å². The molecule has 8 rings (SSSR count). The number of rotatable bonds is 16. The van der Waals surface area contributed by atoms with Crippen LogP contribution >= 0.6 is 0 Å². The van der Waals surface area contributed by atoms with E-state index in [1.165, 1.54) is 12.1 Å². The number of amides is 1. The number of aliphatic hydroxyl groups excluding tert-OH is 1. The number of hydrogen-bond donors (Lipinski definition) is 4. The standard InChI is InChI=1S/C44H54N4O7/c49-37-16-14-35(36-15-17-40(51)46-42(36)37)38(50)29-45-23-5-2-6-28-54-34-12-9-31(10-13-34)11-18-41(52)48-26-21-44(22-27-48,33-7-3-1-4-8-33)43(53)55-39-30-47-24-19-32(39)20-25-47/h1,3-4,7-10,12-17,32,38-39,45,49-50H,2,5-6,11,18-30H2,(H,46,51)/t38-,39-/m0/s1. The molecule has 4 aliphatic rings. The van der Waals surface area contributed by atoms with Crippen molar-refractivity contribution >= 4 is 22.8 Å². The first-order valence-electron chi connectivity index (χ1n) is 20.0. The largest absolute Gasteiger partial charge is 0.506 e. The number of pyridine rings is 1. The van der Waals surface area contributed by atoms with Gasteiger partial charge in [-0.25, -0.2) is 0 Å². The van der Waals surface area contributed by atoms with Crippen LogP contribution in [0, 0.1) is 5.92 Å². The lowest BCUT2D eigenvalue weighted by Crippen LogP contribution is -2.55. The Kier molecular flexibility index (Phi) is 12.5. The molecule has 4 fully saturated rings. The first kappa shape index (κ1) is 38.6. The van der Waals surface area contributed by atoms with Crippen LogP contribution in [0.4, 0.5) is 0 Å². The Morgan fingerprint density at radius 3 is 2.40 bits per heavy atom. The topological polar surface area (TPSA) is 144 Å². The van der Waals surface area contributed by atoms with Crippen molar-refractivity contribution in [2.75, 3.05) is 52.4 Å². The first-order chi connectivity index (χ1) is 26.8. The second-order valence-corrected chi connectivity index (χ2v) is 15.5. The molecule has 0 saturated carbocycles. The molecule has 2 atom stereocenters. The van der Waals surface area contributed by atoms with Crippen molar-refractivity contribution in [3.63, 3.8) is 0 Å². The summed E-state index contributed by atoms with van der Waals surface area (Å²) >= 11 is 0. The second kappa shape index (κ2) is 17.8. The fourth-order valence-electron chi connectivity index (χ4n) is 8.58. The van der Waals surface area contributed by atoms with E-state index < -0.39 is 11.5 Å². The van der Waals surface area contributed by atoms with Crippen molar-refractivity contribution in [3.05, 3.63) is 106 Å². The fourth-order valence-corrected chi connectivity index (χ4v) is 8.58. The molecule has 1 aromatic heterocycles. The van der Waals surface area contributed by atoms with E-state index in [9.17, 15) is 24.6 Å². The number of nitrogens with one attached hydrogen (secondary N) is 2. The van der Waals surface area contributed by atoms with Gasteiger partial charge in [0.1, 0.15) is 17.6 Å². The molecule has 2 bridgehead atoms. The predicted molar refractivity (Wildman–Crippen MR) is 211 cm³/mol. The Hall–Kier alpha value is -4.71. The minimum atomic E-state index is -0.778. The third-order valence-corrected chi connectivity index (χ3v) is 12.0. The SMILES string of the molecule is O=C(CCc1ccc(OCCCCCNC[C@H](O)c2ccc(O)c3[nH]c(=O)ccc23)cc1)N1CCC(C(=O)O[C@H]2CN3CCC2CC3)(c2ccccc2)CC1. The van der Waals surface area contributed by atoms with E-state index in [1.54, 1.807) is 12.1 Å². The molecule has 0 aliphatic carbocycles. The maximum Gasteiger partial charge on any atom is 0.317 e. The van der Waals surface area contributed by atoms with Crippen LogP contribution in [-0.4, -0.2) is 95.4 Å². The number of carbonyl (C=O) groups is 2. The van der Waals surface area contributed by atoms with E-state index in [-0.39, 0.29) is 29.3 Å². The average Bonchev–Trinajstić information content (AvgIpc) is 3.22. The molecule has 0 unspecified atom stereocenters. The molecule has 11 nitrogen and oxygen atoms in total. The zero-order chi connectivity index (χ0) is 38.2. The van der Waals surface area contributed by atoms with Crippen LogP contribution in [0.3, 0.4) is 0 Å². The number of hydrogen-bond acceptors (Lipinski definition) is 9. The summed E-state index contributed by atoms with van der Waals surface area (Å²) in [4.78, 5) is 45.9. The number of piperidine rings is 4. The molecule has 4 aliphatic heterocycles. The highest BCUT2D eigenvalue weighted by molar-refractivity contribution is 5.87. The molecule has 4 saturated heterocycles. The second-order valence-electron chi connectivity index (χ2n) is 15.5. The number of aryl methyl sites for hydroxylation is 1. The third kappa shape index (κ3) is 9.23. The number of aromatic nitrogens is 1. The van der Waals surface area contributed by atoms with Gasteiger partial charge in [0.2, 0.25) is 11.5 Å². The van der Waals surface area contributed by atoms with Crippen LogP contribution in [0.1, 0.15) is 74.2 Å². The molecule has 5 heterocycles. The minimum absolute atomic E-state index is 0.0254. The summed E-state index contributed by atoms with van der Waals surface area (Å²) in [6.07, 6.45) is 6.37. The number of benzene rings is 3. The number of phenolic OH excluding ortho intramolecular Hbond substituents is 1. The molecule has 0 radical (unpaired) electrons. The Labute approximate surface area is 322 Å². The highest BCUT2D eigenvalue weighted by Crippen LogP contribution is 2.39. The summed E-state index contributed by atoms with van der Waals surface area (Å²) in [5, 5.41) is 24.7. The monoisotopic (exact) mass is 750 g/mol. The van der Waals surface area contributed by atoms with E-state index >= 15 is 0 Å². The lowest BCUT2D eigenvalue weighted by Gasteiger charge is -2.46. The number of ether oxygens (including phenoxy) is 2. The van der Waals surface area contributed by atoms with Crippen molar-refractivity contribution in [2.45, 2.75) is 75.4 Å². The van der Waals surface area contributed by atoms with Gasteiger partial charge in [-0.15, -0.1) is 0 Å². The summed E-state index contributed by atoms with van der Waals surface area (Å²) in [5.41, 5.74) is 2.01. The lowest BCUT2D eigenvalue weighted by molar-refractivity contribution is -0.168. The molecule has 1 amide bonds. The number of aliphatic hydroxyl groups is 1. The van der Waals surface area contributed by atoms with E-state index in [0.717, 1.165) is 75.2 Å².